The fraction of sp³-hybridized carbons (Fsp3) is 0.333. The monoisotopic (exact) mass is 526 g/mol. The highest BCUT2D eigenvalue weighted by Gasteiger charge is 2.43. The van der Waals surface area contributed by atoms with Crippen LogP contribution in [0, 0.1) is 0 Å². The zero-order valence-electron chi connectivity index (χ0n) is 19.1. The lowest BCUT2D eigenvalue weighted by Crippen LogP contribution is -2.59. The Morgan fingerprint density at radius 2 is 1.75 bits per heavy atom. The number of carbonyl (C=O) groups is 2. The number of thioether (sulfide) groups is 1. The molecule has 0 bridgehead atoms. The first-order chi connectivity index (χ1) is 16.9. The average Bonchev–Trinajstić information content (AvgIpc) is 3.32. The smallest absolute Gasteiger partial charge is 0.345 e. The van der Waals surface area contributed by atoms with E-state index in [2.05, 4.69) is 16.0 Å². The molecule has 0 aromatic heterocycles. The fourth-order valence-electron chi connectivity index (χ4n) is 3.96. The SMILES string of the molecule is CN1CC(NC(=O)C(F)(F)c2ccc(C3=CSCC3)c(NC(=O)Nc3cccc(C(F)(F)F)c3)c2)C1. The highest BCUT2D eigenvalue weighted by Crippen LogP contribution is 2.38. The summed E-state index contributed by atoms with van der Waals surface area (Å²) in [6, 6.07) is 6.34. The zero-order chi connectivity index (χ0) is 26.1. The summed E-state index contributed by atoms with van der Waals surface area (Å²) in [5, 5.41) is 8.94. The molecule has 1 fully saturated rings. The van der Waals surface area contributed by atoms with Gasteiger partial charge in [0.15, 0.2) is 0 Å². The molecule has 0 radical (unpaired) electrons. The number of likely N-dealkylation sites (N-methyl/N-ethyl adjacent to an activating group) is 1. The predicted molar refractivity (Wildman–Crippen MR) is 129 cm³/mol. The Balaban J connectivity index is 1.57. The van der Waals surface area contributed by atoms with Crippen LogP contribution in [-0.2, 0) is 16.9 Å². The van der Waals surface area contributed by atoms with Gasteiger partial charge in [-0.05, 0) is 48.7 Å². The van der Waals surface area contributed by atoms with Gasteiger partial charge < -0.3 is 20.9 Å². The molecule has 4 rings (SSSR count). The van der Waals surface area contributed by atoms with E-state index in [1.807, 2.05) is 10.3 Å². The van der Waals surface area contributed by atoms with Gasteiger partial charge in [-0.3, -0.25) is 4.79 Å². The lowest BCUT2D eigenvalue weighted by atomic mass is 9.98. The number of carbonyl (C=O) groups excluding carboxylic acids is 2. The summed E-state index contributed by atoms with van der Waals surface area (Å²) in [6.07, 6.45) is -3.96. The molecule has 0 unspecified atom stereocenters. The molecule has 2 aliphatic rings. The second-order valence-electron chi connectivity index (χ2n) is 8.65. The lowest BCUT2D eigenvalue weighted by Gasteiger charge is -2.37. The molecular formula is C24H23F5N4O2S. The van der Waals surface area contributed by atoms with Crippen molar-refractivity contribution in [3.63, 3.8) is 0 Å². The van der Waals surface area contributed by atoms with E-state index >= 15 is 8.78 Å². The normalized spacial score (nSPS) is 16.8. The molecule has 3 N–H and O–H groups in total. The van der Waals surface area contributed by atoms with Crippen LogP contribution in [0.15, 0.2) is 47.9 Å². The number of benzene rings is 2. The van der Waals surface area contributed by atoms with Gasteiger partial charge in [0.25, 0.3) is 5.91 Å². The van der Waals surface area contributed by atoms with Crippen LogP contribution in [0.4, 0.5) is 38.1 Å². The minimum atomic E-state index is -4.59. The van der Waals surface area contributed by atoms with Crippen molar-refractivity contribution >= 4 is 40.6 Å². The number of nitrogens with zero attached hydrogens (tertiary/aromatic N) is 1. The summed E-state index contributed by atoms with van der Waals surface area (Å²) in [5.41, 5.74) is -0.366. The molecule has 0 saturated carbocycles. The Labute approximate surface area is 208 Å². The third-order valence-electron chi connectivity index (χ3n) is 5.82. The number of hydrogen-bond acceptors (Lipinski definition) is 4. The molecule has 0 aliphatic carbocycles. The molecule has 36 heavy (non-hydrogen) atoms. The van der Waals surface area contributed by atoms with E-state index in [4.69, 9.17) is 0 Å². The number of rotatable bonds is 6. The fourth-order valence-corrected chi connectivity index (χ4v) is 4.87. The van der Waals surface area contributed by atoms with Crippen molar-refractivity contribution < 1.29 is 31.5 Å². The van der Waals surface area contributed by atoms with Crippen LogP contribution in [0.3, 0.4) is 0 Å². The van der Waals surface area contributed by atoms with E-state index in [1.165, 1.54) is 23.9 Å². The lowest BCUT2D eigenvalue weighted by molar-refractivity contribution is -0.148. The number of halogens is 5. The van der Waals surface area contributed by atoms with Crippen molar-refractivity contribution in [2.45, 2.75) is 24.6 Å². The number of urea groups is 1. The van der Waals surface area contributed by atoms with E-state index in [-0.39, 0.29) is 17.4 Å². The van der Waals surface area contributed by atoms with Crippen LogP contribution in [0.25, 0.3) is 5.57 Å². The number of anilines is 2. The second-order valence-corrected chi connectivity index (χ2v) is 9.63. The molecule has 6 nitrogen and oxygen atoms in total. The average molecular weight is 527 g/mol. The topological polar surface area (TPSA) is 73.5 Å². The zero-order valence-corrected chi connectivity index (χ0v) is 19.9. The minimum Gasteiger partial charge on any atom is -0.345 e. The van der Waals surface area contributed by atoms with E-state index in [0.717, 1.165) is 41.7 Å². The third kappa shape index (κ3) is 5.81. The molecule has 0 spiro atoms. The summed E-state index contributed by atoms with van der Waals surface area (Å²) in [4.78, 5) is 26.8. The summed E-state index contributed by atoms with van der Waals surface area (Å²) < 4.78 is 69.0. The molecule has 2 aromatic carbocycles. The molecular weight excluding hydrogens is 503 g/mol. The maximum Gasteiger partial charge on any atom is 0.416 e. The van der Waals surface area contributed by atoms with Crippen molar-refractivity contribution in [1.29, 1.82) is 0 Å². The van der Waals surface area contributed by atoms with Gasteiger partial charge in [-0.15, -0.1) is 11.8 Å². The Morgan fingerprint density at radius 1 is 1.00 bits per heavy atom. The minimum absolute atomic E-state index is 0.0154. The van der Waals surface area contributed by atoms with Gasteiger partial charge in [-0.2, -0.15) is 22.0 Å². The molecule has 0 atom stereocenters. The first kappa shape index (κ1) is 26.0. The van der Waals surface area contributed by atoms with Crippen molar-refractivity contribution in [3.05, 3.63) is 64.6 Å². The van der Waals surface area contributed by atoms with Gasteiger partial charge in [0.1, 0.15) is 0 Å². The van der Waals surface area contributed by atoms with E-state index < -0.39 is 35.2 Å². The van der Waals surface area contributed by atoms with E-state index in [9.17, 15) is 22.8 Å². The van der Waals surface area contributed by atoms with Crippen molar-refractivity contribution in [1.82, 2.24) is 10.2 Å². The Hall–Kier alpha value is -3.12. The van der Waals surface area contributed by atoms with Crippen LogP contribution in [0.2, 0.25) is 0 Å². The Kier molecular flexibility index (Phi) is 7.28. The Morgan fingerprint density at radius 3 is 2.39 bits per heavy atom. The van der Waals surface area contributed by atoms with E-state index in [1.54, 1.807) is 7.05 Å². The third-order valence-corrected chi connectivity index (χ3v) is 6.71. The van der Waals surface area contributed by atoms with E-state index in [0.29, 0.717) is 25.1 Å². The Bertz CT molecular complexity index is 1200. The molecule has 1 saturated heterocycles. The number of allylic oxidation sites excluding steroid dienone is 1. The predicted octanol–water partition coefficient (Wildman–Crippen LogP) is 5.35. The number of alkyl halides is 5. The number of likely N-dealkylation sites (tertiary alicyclic amines) is 1. The standard InChI is InChI=1S/C24H23F5N4O2S/c1-33-11-18(12-33)30-21(34)23(25,26)15-5-6-19(14-7-8-36-13-14)20(10-15)32-22(35)31-17-4-2-3-16(9-17)24(27,28)29/h2-6,9-10,13,18H,7-8,11-12H2,1H3,(H,30,34)(H2,31,32,35). The van der Waals surface area contributed by atoms with Crippen LogP contribution in [0.1, 0.15) is 23.1 Å². The van der Waals surface area contributed by atoms with Crippen molar-refractivity contribution in [2.75, 3.05) is 36.5 Å². The molecule has 12 heteroatoms. The maximum atomic E-state index is 15.0. The summed E-state index contributed by atoms with van der Waals surface area (Å²) in [6.45, 7) is 0.935. The quantitative estimate of drug-likeness (QED) is 0.444. The number of hydrogen-bond donors (Lipinski definition) is 3. The van der Waals surface area contributed by atoms with Crippen LogP contribution < -0.4 is 16.0 Å². The summed E-state index contributed by atoms with van der Waals surface area (Å²) >= 11 is 1.53. The van der Waals surface area contributed by atoms with Gasteiger partial charge in [0.2, 0.25) is 0 Å². The molecule has 192 valence electrons. The maximum absolute atomic E-state index is 15.0. The van der Waals surface area contributed by atoms with Crippen LogP contribution >= 0.6 is 11.8 Å². The number of nitrogens with one attached hydrogen (secondary N) is 3. The number of amides is 3. The van der Waals surface area contributed by atoms with Gasteiger partial charge >= 0.3 is 18.1 Å². The molecule has 3 amide bonds. The molecule has 2 aliphatic heterocycles. The molecule has 2 heterocycles. The first-order valence-corrected chi connectivity index (χ1v) is 12.1. The van der Waals surface area contributed by atoms with Crippen LogP contribution in [0.5, 0.6) is 0 Å². The summed E-state index contributed by atoms with van der Waals surface area (Å²) in [5.74, 6) is -4.52. The van der Waals surface area contributed by atoms with Crippen molar-refractivity contribution in [2.24, 2.45) is 0 Å². The first-order valence-electron chi connectivity index (χ1n) is 11.0. The van der Waals surface area contributed by atoms with Crippen molar-refractivity contribution in [3.8, 4) is 0 Å². The van der Waals surface area contributed by atoms with Gasteiger partial charge in [0, 0.05) is 35.7 Å². The van der Waals surface area contributed by atoms with Gasteiger partial charge in [-0.25, -0.2) is 4.79 Å². The highest BCUT2D eigenvalue weighted by molar-refractivity contribution is 8.02. The van der Waals surface area contributed by atoms with Gasteiger partial charge in [-0.1, -0.05) is 18.2 Å². The molecule has 2 aromatic rings. The van der Waals surface area contributed by atoms with Gasteiger partial charge in [0.05, 0.1) is 17.3 Å². The highest BCUT2D eigenvalue weighted by atomic mass is 32.2. The largest absolute Gasteiger partial charge is 0.416 e. The van der Waals surface area contributed by atoms with Crippen LogP contribution in [-0.4, -0.2) is 48.8 Å². The summed E-state index contributed by atoms with van der Waals surface area (Å²) in [7, 11) is 1.80. The second kappa shape index (κ2) is 10.1.